The highest BCUT2D eigenvalue weighted by Gasteiger charge is 2.26. The van der Waals surface area contributed by atoms with E-state index in [9.17, 15) is 4.79 Å². The molecule has 2 aliphatic rings. The number of rotatable bonds is 5. The Balaban J connectivity index is 1.13. The van der Waals surface area contributed by atoms with Gasteiger partial charge in [-0.3, -0.25) is 9.69 Å². The summed E-state index contributed by atoms with van der Waals surface area (Å²) in [5.74, 6) is 2.63. The van der Waals surface area contributed by atoms with E-state index in [1.54, 1.807) is 17.4 Å². The lowest BCUT2D eigenvalue weighted by Crippen LogP contribution is -2.37. The smallest absolute Gasteiger partial charge is 0.241 e. The van der Waals surface area contributed by atoms with Crippen molar-refractivity contribution in [2.45, 2.75) is 19.4 Å². The van der Waals surface area contributed by atoms with Crippen molar-refractivity contribution >= 4 is 22.9 Å². The molecule has 2 aliphatic heterocycles. The van der Waals surface area contributed by atoms with Crippen LogP contribution in [0.1, 0.15) is 18.7 Å². The van der Waals surface area contributed by atoms with E-state index in [1.165, 1.54) is 0 Å². The van der Waals surface area contributed by atoms with Crippen molar-refractivity contribution in [3.63, 3.8) is 0 Å². The summed E-state index contributed by atoms with van der Waals surface area (Å²) in [5.41, 5.74) is 1.71. The lowest BCUT2D eigenvalue weighted by Gasteiger charge is -2.30. The molecular weight excluding hydrogens is 392 g/mol. The minimum absolute atomic E-state index is 0.0132. The van der Waals surface area contributed by atoms with Crippen LogP contribution in [0.5, 0.6) is 11.5 Å². The van der Waals surface area contributed by atoms with Crippen LogP contribution in [0.2, 0.25) is 0 Å². The van der Waals surface area contributed by atoms with Crippen LogP contribution in [-0.4, -0.2) is 40.8 Å². The fraction of sp³-hybridized carbons (Fsp3) is 0.350. The van der Waals surface area contributed by atoms with E-state index in [2.05, 4.69) is 20.4 Å². The van der Waals surface area contributed by atoms with Crippen LogP contribution in [0, 0.1) is 5.92 Å². The van der Waals surface area contributed by atoms with Crippen LogP contribution in [0.3, 0.4) is 0 Å². The summed E-state index contributed by atoms with van der Waals surface area (Å²) in [6, 6.07) is 7.43. The largest absolute Gasteiger partial charge is 0.454 e. The molecule has 5 rings (SSSR count). The molecule has 9 heteroatoms. The van der Waals surface area contributed by atoms with Gasteiger partial charge in [0.2, 0.25) is 24.4 Å². The number of aromatic nitrogens is 2. The molecule has 4 heterocycles. The van der Waals surface area contributed by atoms with Gasteiger partial charge < -0.3 is 19.3 Å². The van der Waals surface area contributed by atoms with Gasteiger partial charge in [0.05, 0.1) is 6.54 Å². The van der Waals surface area contributed by atoms with Gasteiger partial charge in [-0.15, -0.1) is 0 Å². The Bertz CT molecular complexity index is 996. The monoisotopic (exact) mass is 412 g/mol. The summed E-state index contributed by atoms with van der Waals surface area (Å²) in [6.07, 6.45) is 1.59. The third kappa shape index (κ3) is 3.96. The second-order valence-electron chi connectivity index (χ2n) is 7.13. The molecular formula is C20H20N4O4S. The summed E-state index contributed by atoms with van der Waals surface area (Å²) in [7, 11) is 0. The predicted octanol–water partition coefficient (Wildman–Crippen LogP) is 3.38. The minimum Gasteiger partial charge on any atom is -0.454 e. The third-order valence-electron chi connectivity index (χ3n) is 5.20. The summed E-state index contributed by atoms with van der Waals surface area (Å²) < 4.78 is 16.0. The van der Waals surface area contributed by atoms with E-state index < -0.39 is 0 Å². The maximum Gasteiger partial charge on any atom is 0.241 e. The Labute approximate surface area is 171 Å². The van der Waals surface area contributed by atoms with E-state index in [1.807, 2.05) is 29.0 Å². The van der Waals surface area contributed by atoms with Crippen LogP contribution in [0.15, 0.2) is 39.5 Å². The predicted molar refractivity (Wildman–Crippen MR) is 107 cm³/mol. The second kappa shape index (κ2) is 7.84. The molecule has 150 valence electrons. The number of benzene rings is 1. The normalized spacial score (nSPS) is 16.8. The van der Waals surface area contributed by atoms with Crippen molar-refractivity contribution in [3.8, 4) is 22.9 Å². The highest BCUT2D eigenvalue weighted by atomic mass is 32.1. The van der Waals surface area contributed by atoms with Gasteiger partial charge in [0.25, 0.3) is 0 Å². The van der Waals surface area contributed by atoms with Gasteiger partial charge in [-0.2, -0.15) is 16.3 Å². The molecule has 0 unspecified atom stereocenters. The summed E-state index contributed by atoms with van der Waals surface area (Å²) in [6.45, 7) is 2.46. The maximum absolute atomic E-state index is 12.6. The second-order valence-corrected chi connectivity index (χ2v) is 7.91. The third-order valence-corrected chi connectivity index (χ3v) is 5.89. The van der Waals surface area contributed by atoms with Gasteiger partial charge in [-0.05, 0) is 49.5 Å². The molecule has 0 aliphatic carbocycles. The molecule has 0 bridgehead atoms. The van der Waals surface area contributed by atoms with E-state index in [4.69, 9.17) is 14.0 Å². The average molecular weight is 412 g/mol. The standard InChI is InChI=1S/C20H20N4O4S/c25-20(21-15-1-2-16-17(9-15)27-12-26-16)13-3-6-24(7-4-13)10-18-22-19(23-28-18)14-5-8-29-11-14/h1-2,5,8-9,11,13H,3-4,6-7,10,12H2,(H,21,25). The molecule has 29 heavy (non-hydrogen) atoms. The van der Waals surface area contributed by atoms with Gasteiger partial charge in [0.1, 0.15) is 0 Å². The number of hydrogen-bond donors (Lipinski definition) is 1. The zero-order valence-electron chi connectivity index (χ0n) is 15.7. The number of nitrogens with zero attached hydrogens (tertiary/aromatic N) is 3. The number of amides is 1. The first-order valence-electron chi connectivity index (χ1n) is 9.52. The maximum atomic E-state index is 12.6. The molecule has 2 aromatic heterocycles. The number of nitrogens with one attached hydrogen (secondary N) is 1. The number of carbonyl (C=O) groups is 1. The summed E-state index contributed by atoms with van der Waals surface area (Å²) >= 11 is 1.61. The van der Waals surface area contributed by atoms with Crippen molar-refractivity contribution in [2.24, 2.45) is 5.92 Å². The molecule has 0 atom stereocenters. The fourth-order valence-electron chi connectivity index (χ4n) is 3.59. The van der Waals surface area contributed by atoms with Gasteiger partial charge in [-0.1, -0.05) is 5.16 Å². The van der Waals surface area contributed by atoms with Crippen LogP contribution in [-0.2, 0) is 11.3 Å². The molecule has 1 N–H and O–H groups in total. The van der Waals surface area contributed by atoms with Crippen LogP contribution < -0.4 is 14.8 Å². The van der Waals surface area contributed by atoms with E-state index in [0.29, 0.717) is 29.8 Å². The molecule has 1 saturated heterocycles. The molecule has 0 radical (unpaired) electrons. The molecule has 1 amide bonds. The van der Waals surface area contributed by atoms with Crippen LogP contribution in [0.4, 0.5) is 5.69 Å². The quantitative estimate of drug-likeness (QED) is 0.687. The highest BCUT2D eigenvalue weighted by molar-refractivity contribution is 7.08. The van der Waals surface area contributed by atoms with Crippen LogP contribution >= 0.6 is 11.3 Å². The van der Waals surface area contributed by atoms with E-state index >= 15 is 0 Å². The first-order valence-corrected chi connectivity index (χ1v) is 10.5. The minimum atomic E-state index is -0.0132. The van der Waals surface area contributed by atoms with E-state index in [-0.39, 0.29) is 18.6 Å². The van der Waals surface area contributed by atoms with Crippen molar-refractivity contribution in [2.75, 3.05) is 25.2 Å². The zero-order chi connectivity index (χ0) is 19.6. The van der Waals surface area contributed by atoms with Gasteiger partial charge in [0, 0.05) is 28.6 Å². The first kappa shape index (κ1) is 18.1. The molecule has 3 aromatic rings. The molecule has 0 spiro atoms. The molecule has 1 aromatic carbocycles. The zero-order valence-corrected chi connectivity index (χ0v) is 16.5. The summed E-state index contributed by atoms with van der Waals surface area (Å²) in [4.78, 5) is 19.3. The topological polar surface area (TPSA) is 89.7 Å². The molecule has 1 fully saturated rings. The van der Waals surface area contributed by atoms with Gasteiger partial charge in [0.15, 0.2) is 11.5 Å². The van der Waals surface area contributed by atoms with Crippen molar-refractivity contribution in [3.05, 3.63) is 40.9 Å². The lowest BCUT2D eigenvalue weighted by molar-refractivity contribution is -0.121. The molecule has 0 saturated carbocycles. The van der Waals surface area contributed by atoms with Crippen molar-refractivity contribution in [1.82, 2.24) is 15.0 Å². The van der Waals surface area contributed by atoms with Gasteiger partial charge >= 0.3 is 0 Å². The highest BCUT2D eigenvalue weighted by Crippen LogP contribution is 2.34. The number of thiophene rings is 1. The lowest BCUT2D eigenvalue weighted by atomic mass is 9.96. The number of anilines is 1. The van der Waals surface area contributed by atoms with E-state index in [0.717, 1.165) is 37.2 Å². The Morgan fingerprint density at radius 1 is 1.21 bits per heavy atom. The van der Waals surface area contributed by atoms with Crippen molar-refractivity contribution in [1.29, 1.82) is 0 Å². The number of piperidine rings is 1. The SMILES string of the molecule is O=C(Nc1ccc2c(c1)OCO2)C1CCN(Cc2nc(-c3ccsc3)no2)CC1. The average Bonchev–Trinajstić information content (AvgIpc) is 3.49. The van der Waals surface area contributed by atoms with Crippen molar-refractivity contribution < 1.29 is 18.8 Å². The van der Waals surface area contributed by atoms with Crippen LogP contribution in [0.25, 0.3) is 11.4 Å². The number of carbonyl (C=O) groups excluding carboxylic acids is 1. The Morgan fingerprint density at radius 2 is 2.07 bits per heavy atom. The first-order chi connectivity index (χ1) is 14.2. The number of ether oxygens (including phenoxy) is 2. The Hall–Kier alpha value is -2.91. The number of hydrogen-bond acceptors (Lipinski definition) is 8. The van der Waals surface area contributed by atoms with Gasteiger partial charge in [-0.25, -0.2) is 0 Å². The number of likely N-dealkylation sites (tertiary alicyclic amines) is 1. The summed E-state index contributed by atoms with van der Waals surface area (Å²) in [5, 5.41) is 11.0. The Kier molecular flexibility index (Phi) is 4.91. The Morgan fingerprint density at radius 3 is 2.90 bits per heavy atom. The number of fused-ring (bicyclic) bond motifs is 1. The molecule has 8 nitrogen and oxygen atoms in total. The fourth-order valence-corrected chi connectivity index (χ4v) is 4.23.